The second-order valence-corrected chi connectivity index (χ2v) is 12.0. The number of carboxylic acids is 1. The number of β-lactam (4-membered cyclic amide) rings is 1. The van der Waals surface area contributed by atoms with Gasteiger partial charge in [-0.1, -0.05) is 12.8 Å². The van der Waals surface area contributed by atoms with E-state index in [0.717, 1.165) is 25.7 Å². The van der Waals surface area contributed by atoms with Crippen LogP contribution in [0.4, 0.5) is 0 Å². The largest absolute Gasteiger partial charge is 0.490 e. The molecule has 3 fully saturated rings. The third-order valence-corrected chi connectivity index (χ3v) is 9.20. The Morgan fingerprint density at radius 1 is 1.33 bits per heavy atom. The molecule has 0 bridgehead atoms. The minimum absolute atomic E-state index is 0.158. The van der Waals surface area contributed by atoms with Crippen LogP contribution < -0.4 is 15.8 Å². The van der Waals surface area contributed by atoms with E-state index in [9.17, 15) is 24.8 Å². The van der Waals surface area contributed by atoms with Crippen LogP contribution >= 0.6 is 23.1 Å². The van der Waals surface area contributed by atoms with E-state index < -0.39 is 45.5 Å². The van der Waals surface area contributed by atoms with Crippen molar-refractivity contribution in [1.82, 2.24) is 10.2 Å². The number of amides is 2. The van der Waals surface area contributed by atoms with E-state index in [0.29, 0.717) is 10.6 Å². The number of aliphatic carboxylic acids is 1. The number of carbonyl (C=O) groups excluding carboxylic acids is 2. The number of ether oxygens (including phenoxy) is 1. The number of thiophene rings is 1. The molecule has 9 nitrogen and oxygen atoms in total. The van der Waals surface area contributed by atoms with Crippen molar-refractivity contribution >= 4 is 40.9 Å². The number of hydrogen-bond acceptors (Lipinski definition) is 8. The van der Waals surface area contributed by atoms with Crippen LogP contribution in [0.2, 0.25) is 0 Å². The monoisotopic (exact) mass is 492 g/mol. The molecule has 1 aliphatic carbocycles. The third-order valence-electron chi connectivity index (χ3n) is 6.57. The molecule has 178 valence electrons. The Bertz CT molecular complexity index is 997. The van der Waals surface area contributed by atoms with E-state index in [-0.39, 0.29) is 6.10 Å². The number of thioether (sulfide) groups is 1. The second kappa shape index (κ2) is 8.81. The van der Waals surface area contributed by atoms with Gasteiger partial charge in [0.05, 0.1) is 6.10 Å². The lowest BCUT2D eigenvalue weighted by Crippen LogP contribution is -2.79. The van der Waals surface area contributed by atoms with Gasteiger partial charge < -0.3 is 25.8 Å². The number of carbonyl (C=O) groups is 3. The highest BCUT2D eigenvalue weighted by atomic mass is 32.2. The van der Waals surface area contributed by atoms with Gasteiger partial charge in [0, 0.05) is 15.0 Å². The minimum atomic E-state index is -1.84. The first-order valence-electron chi connectivity index (χ1n) is 11.1. The number of nitrogens with zero attached hydrogens (tertiary/aromatic N) is 2. The maximum atomic E-state index is 12.9. The molecule has 2 amide bonds. The lowest BCUT2D eigenvalue weighted by Gasteiger charge is -2.49. The lowest BCUT2D eigenvalue weighted by atomic mass is 9.85. The average molecular weight is 493 g/mol. The summed E-state index contributed by atoms with van der Waals surface area (Å²) < 4.78 is 5.27. The molecule has 0 spiro atoms. The fraction of sp³-hybridized carbons (Fsp3) is 0.636. The van der Waals surface area contributed by atoms with Gasteiger partial charge in [0.25, 0.3) is 5.91 Å². The maximum Gasteiger partial charge on any atom is 0.327 e. The van der Waals surface area contributed by atoms with E-state index >= 15 is 0 Å². The van der Waals surface area contributed by atoms with Crippen LogP contribution in [0.3, 0.4) is 0 Å². The highest BCUT2D eigenvalue weighted by molar-refractivity contribution is 8.01. The van der Waals surface area contributed by atoms with E-state index in [1.54, 1.807) is 19.9 Å². The molecule has 11 heteroatoms. The fourth-order valence-electron chi connectivity index (χ4n) is 4.82. The number of carboxylic acid groups (broad SMARTS) is 1. The molecule has 3 heterocycles. The van der Waals surface area contributed by atoms with Crippen LogP contribution in [-0.2, 0) is 14.4 Å². The molecule has 33 heavy (non-hydrogen) atoms. The topological polar surface area (TPSA) is 146 Å². The molecule has 2 aliphatic heterocycles. The molecule has 0 radical (unpaired) electrons. The Balaban J connectivity index is 1.45. The maximum absolute atomic E-state index is 12.9. The van der Waals surface area contributed by atoms with Gasteiger partial charge in [-0.25, -0.2) is 4.79 Å². The number of nitrogens with two attached hydrogens (primary N) is 1. The summed E-state index contributed by atoms with van der Waals surface area (Å²) in [6.07, 6.45) is 6.90. The van der Waals surface area contributed by atoms with Gasteiger partial charge in [-0.15, -0.1) is 23.1 Å². The molecule has 3 aliphatic rings. The zero-order chi connectivity index (χ0) is 24.0. The first-order valence-corrected chi connectivity index (χ1v) is 12.8. The molecule has 1 aromatic rings. The summed E-state index contributed by atoms with van der Waals surface area (Å²) in [4.78, 5) is 39.3. The number of nitriles is 1. The first-order chi connectivity index (χ1) is 15.6. The fourth-order valence-corrected chi connectivity index (χ4v) is 7.27. The SMILES string of the molecule is CC1(C)S[C@H]2N(C(=O)C2(C#N)NC(=O)C(N)c2cc(OC3CCCCCC3)cs2)[C@H]1C(=O)O. The average Bonchev–Trinajstić information content (AvgIpc) is 3.22. The van der Waals surface area contributed by atoms with Crippen molar-refractivity contribution in [1.29, 1.82) is 5.26 Å². The van der Waals surface area contributed by atoms with Gasteiger partial charge in [0.1, 0.15) is 29.3 Å². The van der Waals surface area contributed by atoms with Crippen molar-refractivity contribution in [2.45, 2.75) is 86.2 Å². The molecule has 1 saturated carbocycles. The van der Waals surface area contributed by atoms with Crippen LogP contribution in [0.15, 0.2) is 11.4 Å². The highest BCUT2D eigenvalue weighted by Crippen LogP contribution is 2.54. The van der Waals surface area contributed by atoms with E-state index in [1.165, 1.54) is 40.8 Å². The van der Waals surface area contributed by atoms with Gasteiger partial charge in [0.2, 0.25) is 11.4 Å². The Hall–Kier alpha value is -2.29. The van der Waals surface area contributed by atoms with Crippen LogP contribution in [0, 0.1) is 11.3 Å². The van der Waals surface area contributed by atoms with E-state index in [4.69, 9.17) is 10.5 Å². The molecule has 0 aromatic carbocycles. The van der Waals surface area contributed by atoms with Crippen molar-refractivity contribution in [3.63, 3.8) is 0 Å². The normalized spacial score (nSPS) is 29.9. The minimum Gasteiger partial charge on any atom is -0.490 e. The van der Waals surface area contributed by atoms with Crippen LogP contribution in [0.25, 0.3) is 0 Å². The van der Waals surface area contributed by atoms with Crippen LogP contribution in [0.5, 0.6) is 5.75 Å². The van der Waals surface area contributed by atoms with Crippen molar-refractivity contribution in [3.05, 3.63) is 16.3 Å². The molecule has 4 N–H and O–H groups in total. The molecule has 2 saturated heterocycles. The van der Waals surface area contributed by atoms with E-state index in [1.807, 2.05) is 11.4 Å². The van der Waals surface area contributed by atoms with Crippen molar-refractivity contribution < 1.29 is 24.2 Å². The van der Waals surface area contributed by atoms with Gasteiger partial charge in [0.15, 0.2) is 0 Å². The molecule has 4 rings (SSSR count). The Morgan fingerprint density at radius 2 is 2.00 bits per heavy atom. The molecular formula is C22H28N4O5S2. The summed E-state index contributed by atoms with van der Waals surface area (Å²) in [5.74, 6) is -1.85. The smallest absolute Gasteiger partial charge is 0.327 e. The number of nitrogens with one attached hydrogen (secondary N) is 1. The van der Waals surface area contributed by atoms with E-state index in [2.05, 4.69) is 5.32 Å². The highest BCUT2D eigenvalue weighted by Gasteiger charge is 2.73. The first kappa shape index (κ1) is 23.9. The number of fused-ring (bicyclic) bond motifs is 1. The zero-order valence-corrected chi connectivity index (χ0v) is 20.2. The van der Waals surface area contributed by atoms with Crippen molar-refractivity contribution in [3.8, 4) is 11.8 Å². The summed E-state index contributed by atoms with van der Waals surface area (Å²) >= 11 is 2.48. The summed E-state index contributed by atoms with van der Waals surface area (Å²) in [7, 11) is 0. The van der Waals surface area contributed by atoms with Gasteiger partial charge in [-0.05, 0) is 45.6 Å². The predicted octanol–water partition coefficient (Wildman–Crippen LogP) is 2.37. The van der Waals surface area contributed by atoms with Crippen molar-refractivity contribution in [2.24, 2.45) is 5.73 Å². The summed E-state index contributed by atoms with van der Waals surface area (Å²) in [5, 5.41) is 23.0. The lowest BCUT2D eigenvalue weighted by molar-refractivity contribution is -0.165. The Labute approximate surface area is 200 Å². The summed E-state index contributed by atoms with van der Waals surface area (Å²) in [5.41, 5.74) is 4.33. The van der Waals surface area contributed by atoms with Crippen LogP contribution in [0.1, 0.15) is 63.3 Å². The van der Waals surface area contributed by atoms with Gasteiger partial charge in [-0.2, -0.15) is 5.26 Å². The summed E-state index contributed by atoms with van der Waals surface area (Å²) in [6, 6.07) is 1.50. The van der Waals surface area contributed by atoms with Gasteiger partial charge >= 0.3 is 5.97 Å². The van der Waals surface area contributed by atoms with Crippen molar-refractivity contribution in [2.75, 3.05) is 0 Å². The summed E-state index contributed by atoms with van der Waals surface area (Å²) in [6.45, 7) is 3.42. The number of rotatable bonds is 6. The predicted molar refractivity (Wildman–Crippen MR) is 124 cm³/mol. The molecular weight excluding hydrogens is 464 g/mol. The third kappa shape index (κ3) is 4.09. The standard InChI is InChI=1S/C22H28N4O5S2/c1-21(2)16(18(28)29)26-19(30)22(11-23,20(26)33-21)25-17(27)15(24)14-9-13(10-32-14)31-12-7-5-3-4-6-8-12/h9-10,12,15-16,20H,3-8,24H2,1-2H3,(H,25,27)(H,28,29)/t15?,16-,20+,22?/m0/s1. The Kier molecular flexibility index (Phi) is 6.37. The molecule has 2 unspecified atom stereocenters. The zero-order valence-electron chi connectivity index (χ0n) is 18.6. The second-order valence-electron chi connectivity index (χ2n) is 9.33. The number of hydrogen-bond donors (Lipinski definition) is 3. The van der Waals surface area contributed by atoms with Gasteiger partial charge in [-0.3, -0.25) is 9.59 Å². The Morgan fingerprint density at radius 3 is 2.61 bits per heavy atom. The quantitative estimate of drug-likeness (QED) is 0.405. The molecule has 1 aromatic heterocycles. The molecule has 4 atom stereocenters. The van der Waals surface area contributed by atoms with Crippen LogP contribution in [-0.4, -0.2) is 55.6 Å².